The number of aliphatic imine (C=N–C) groups is 1. The molecule has 1 saturated carbocycles. The standard InChI is InChI=1S/C20H25N5O4S/c1-29-10-8-21-19(28)14-11-15(26)17(27)16-18(14)30-20(24-16)23-12-3-5-13(6-4-12)25-9-2-7-22-25/h2-7,9,14-18,26-27H,8,10-11H2,1H3,(H,21,28)(H,23,24)/t14-,15+,16-,17-,18+/m0/s1. The Morgan fingerprint density at radius 3 is 2.83 bits per heavy atom. The smallest absolute Gasteiger partial charge is 0.224 e. The number of rotatable bonds is 6. The normalized spacial score (nSPS) is 28.0. The molecule has 2 aliphatic rings. The molecule has 0 unspecified atom stereocenters. The van der Waals surface area contributed by atoms with Crippen molar-refractivity contribution in [1.29, 1.82) is 0 Å². The van der Waals surface area contributed by atoms with Crippen LogP contribution < -0.4 is 10.6 Å². The lowest BCUT2D eigenvalue weighted by Crippen LogP contribution is -2.54. The lowest BCUT2D eigenvalue weighted by Gasteiger charge is -2.37. The number of benzene rings is 1. The predicted octanol–water partition coefficient (Wildman–Crippen LogP) is 0.629. The van der Waals surface area contributed by atoms with E-state index in [-0.39, 0.29) is 17.6 Å². The Labute approximate surface area is 178 Å². The number of anilines is 1. The van der Waals surface area contributed by atoms with Crippen LogP contribution in [0.3, 0.4) is 0 Å². The monoisotopic (exact) mass is 431 g/mol. The van der Waals surface area contributed by atoms with E-state index in [1.165, 1.54) is 11.8 Å². The van der Waals surface area contributed by atoms with Crippen LogP contribution in [0, 0.1) is 5.92 Å². The number of fused-ring (bicyclic) bond motifs is 1. The number of amides is 1. The second kappa shape index (κ2) is 9.17. The number of thioether (sulfide) groups is 1. The molecule has 1 aliphatic carbocycles. The molecule has 0 saturated heterocycles. The SMILES string of the molecule is COCCNC(=O)[C@H]1C[C@@H](O)[C@H](O)[C@@H]2N=C(Nc3ccc(-n4cccn4)cc3)S[C@@H]21. The molecular formula is C20H25N5O4S. The molecule has 4 rings (SSSR count). The Bertz CT molecular complexity index is 889. The van der Waals surface area contributed by atoms with Crippen molar-refractivity contribution < 1.29 is 19.7 Å². The van der Waals surface area contributed by atoms with E-state index in [0.717, 1.165) is 11.4 Å². The number of hydrogen-bond donors (Lipinski definition) is 4. The first kappa shape index (κ1) is 20.9. The number of aliphatic hydroxyl groups excluding tert-OH is 2. The first-order valence-electron chi connectivity index (χ1n) is 9.81. The second-order valence-electron chi connectivity index (χ2n) is 7.31. The predicted molar refractivity (Wildman–Crippen MR) is 115 cm³/mol. The summed E-state index contributed by atoms with van der Waals surface area (Å²) in [5, 5.41) is 31.4. The molecule has 30 heavy (non-hydrogen) atoms. The van der Waals surface area contributed by atoms with Gasteiger partial charge in [0.15, 0.2) is 5.17 Å². The summed E-state index contributed by atoms with van der Waals surface area (Å²) in [6, 6.07) is 9.03. The molecule has 5 atom stereocenters. The van der Waals surface area contributed by atoms with E-state index >= 15 is 0 Å². The van der Waals surface area contributed by atoms with Crippen LogP contribution in [0.25, 0.3) is 5.69 Å². The summed E-state index contributed by atoms with van der Waals surface area (Å²) in [5.74, 6) is -0.596. The van der Waals surface area contributed by atoms with Crippen LogP contribution in [-0.2, 0) is 9.53 Å². The zero-order valence-electron chi connectivity index (χ0n) is 16.5. The minimum Gasteiger partial charge on any atom is -0.390 e. The number of aliphatic hydroxyl groups is 2. The fourth-order valence-electron chi connectivity index (χ4n) is 3.76. The maximum Gasteiger partial charge on any atom is 0.224 e. The highest BCUT2D eigenvalue weighted by molar-refractivity contribution is 8.15. The third-order valence-electron chi connectivity index (χ3n) is 5.32. The van der Waals surface area contributed by atoms with Crippen LogP contribution in [0.5, 0.6) is 0 Å². The molecule has 9 nitrogen and oxygen atoms in total. The lowest BCUT2D eigenvalue weighted by atomic mass is 9.81. The third-order valence-corrected chi connectivity index (χ3v) is 6.63. The van der Waals surface area contributed by atoms with E-state index in [0.29, 0.717) is 18.3 Å². The number of nitrogens with one attached hydrogen (secondary N) is 2. The average molecular weight is 432 g/mol. The molecule has 1 fully saturated rings. The van der Waals surface area contributed by atoms with Gasteiger partial charge in [0.1, 0.15) is 6.10 Å². The van der Waals surface area contributed by atoms with Crippen LogP contribution >= 0.6 is 11.8 Å². The van der Waals surface area contributed by atoms with Gasteiger partial charge in [-0.2, -0.15) is 5.10 Å². The van der Waals surface area contributed by atoms with Crippen LogP contribution in [0.15, 0.2) is 47.7 Å². The average Bonchev–Trinajstić information content (AvgIpc) is 3.42. The van der Waals surface area contributed by atoms with Gasteiger partial charge in [0, 0.05) is 37.0 Å². The highest BCUT2D eigenvalue weighted by Gasteiger charge is 2.50. The van der Waals surface area contributed by atoms with Crippen molar-refractivity contribution in [3.05, 3.63) is 42.7 Å². The fourth-order valence-corrected chi connectivity index (χ4v) is 5.14. The quantitative estimate of drug-likeness (QED) is 0.495. The maximum atomic E-state index is 12.6. The number of aromatic nitrogens is 2. The van der Waals surface area contributed by atoms with Crippen molar-refractivity contribution in [2.45, 2.75) is 29.9 Å². The number of nitrogens with zero attached hydrogens (tertiary/aromatic N) is 3. The van der Waals surface area contributed by atoms with Gasteiger partial charge in [-0.25, -0.2) is 4.68 Å². The van der Waals surface area contributed by atoms with Crippen molar-refractivity contribution in [1.82, 2.24) is 15.1 Å². The minimum atomic E-state index is -0.994. The Morgan fingerprint density at radius 1 is 1.33 bits per heavy atom. The maximum absolute atomic E-state index is 12.6. The summed E-state index contributed by atoms with van der Waals surface area (Å²) in [6.07, 6.45) is 1.82. The molecule has 0 spiro atoms. The molecule has 1 aromatic carbocycles. The van der Waals surface area contributed by atoms with Gasteiger partial charge in [0.2, 0.25) is 5.91 Å². The van der Waals surface area contributed by atoms with Crippen molar-refractivity contribution >= 4 is 28.5 Å². The number of hydrogen-bond acceptors (Lipinski definition) is 8. The summed E-state index contributed by atoms with van der Waals surface area (Å²) >= 11 is 1.43. The Kier molecular flexibility index (Phi) is 6.38. The van der Waals surface area contributed by atoms with Gasteiger partial charge in [-0.1, -0.05) is 11.8 Å². The molecule has 4 N–H and O–H groups in total. The van der Waals surface area contributed by atoms with Crippen LogP contribution in [0.2, 0.25) is 0 Å². The molecule has 160 valence electrons. The summed E-state index contributed by atoms with van der Waals surface area (Å²) in [7, 11) is 1.57. The van der Waals surface area contributed by atoms with Gasteiger partial charge in [-0.3, -0.25) is 9.79 Å². The Hall–Kier alpha value is -2.40. The molecule has 0 radical (unpaired) electrons. The van der Waals surface area contributed by atoms with Gasteiger partial charge in [-0.15, -0.1) is 0 Å². The van der Waals surface area contributed by atoms with E-state index in [9.17, 15) is 15.0 Å². The molecule has 2 aromatic rings. The van der Waals surface area contributed by atoms with Gasteiger partial charge in [0.25, 0.3) is 0 Å². The zero-order chi connectivity index (χ0) is 21.1. The van der Waals surface area contributed by atoms with Crippen LogP contribution in [0.4, 0.5) is 5.69 Å². The Morgan fingerprint density at radius 2 is 2.13 bits per heavy atom. The number of carbonyl (C=O) groups is 1. The summed E-state index contributed by atoms with van der Waals surface area (Å²) in [6.45, 7) is 0.823. The van der Waals surface area contributed by atoms with Crippen molar-refractivity contribution in [2.24, 2.45) is 10.9 Å². The van der Waals surface area contributed by atoms with E-state index in [2.05, 4.69) is 20.7 Å². The van der Waals surface area contributed by atoms with Gasteiger partial charge in [0.05, 0.1) is 30.4 Å². The number of amidine groups is 1. The van der Waals surface area contributed by atoms with E-state index in [1.807, 2.05) is 36.5 Å². The van der Waals surface area contributed by atoms with Crippen LogP contribution in [-0.4, -0.2) is 74.8 Å². The van der Waals surface area contributed by atoms with Crippen molar-refractivity contribution in [3.8, 4) is 5.69 Å². The lowest BCUT2D eigenvalue weighted by molar-refractivity contribution is -0.129. The van der Waals surface area contributed by atoms with E-state index in [4.69, 9.17) is 4.74 Å². The summed E-state index contributed by atoms with van der Waals surface area (Å²) < 4.78 is 6.74. The second-order valence-corrected chi connectivity index (χ2v) is 8.48. The third kappa shape index (κ3) is 4.36. The Balaban J connectivity index is 1.44. The highest BCUT2D eigenvalue weighted by Crippen LogP contribution is 2.41. The molecule has 2 heterocycles. The molecule has 1 aromatic heterocycles. The van der Waals surface area contributed by atoms with Crippen molar-refractivity contribution in [2.75, 3.05) is 25.6 Å². The minimum absolute atomic E-state index is 0.152. The molecular weight excluding hydrogens is 406 g/mol. The fraction of sp³-hybridized carbons (Fsp3) is 0.450. The summed E-state index contributed by atoms with van der Waals surface area (Å²) in [5.41, 5.74) is 1.78. The van der Waals surface area contributed by atoms with Gasteiger partial charge >= 0.3 is 0 Å². The van der Waals surface area contributed by atoms with Crippen molar-refractivity contribution in [3.63, 3.8) is 0 Å². The highest BCUT2D eigenvalue weighted by atomic mass is 32.2. The van der Waals surface area contributed by atoms with E-state index < -0.39 is 24.2 Å². The van der Waals surface area contributed by atoms with Gasteiger partial charge < -0.3 is 25.6 Å². The summed E-state index contributed by atoms with van der Waals surface area (Å²) in [4.78, 5) is 17.2. The van der Waals surface area contributed by atoms with Crippen LogP contribution in [0.1, 0.15) is 6.42 Å². The first-order valence-corrected chi connectivity index (χ1v) is 10.7. The number of carbonyl (C=O) groups excluding carboxylic acids is 1. The topological polar surface area (TPSA) is 121 Å². The van der Waals surface area contributed by atoms with E-state index in [1.54, 1.807) is 18.0 Å². The zero-order valence-corrected chi connectivity index (χ0v) is 17.3. The number of ether oxygens (including phenoxy) is 1. The van der Waals surface area contributed by atoms with Gasteiger partial charge in [-0.05, 0) is 36.8 Å². The number of methoxy groups -OCH3 is 1. The molecule has 0 bridgehead atoms. The molecule has 1 amide bonds. The first-order chi connectivity index (χ1) is 14.6. The molecule has 10 heteroatoms. The molecule has 1 aliphatic heterocycles. The largest absolute Gasteiger partial charge is 0.390 e.